The van der Waals surface area contributed by atoms with Crippen molar-refractivity contribution in [3.8, 4) is 6.07 Å². The molecule has 1 aliphatic heterocycles. The van der Waals surface area contributed by atoms with Crippen LogP contribution in [0.3, 0.4) is 0 Å². The molecule has 1 atom stereocenters. The fourth-order valence-electron chi connectivity index (χ4n) is 1.92. The summed E-state index contributed by atoms with van der Waals surface area (Å²) < 4.78 is 0. The van der Waals surface area contributed by atoms with E-state index in [1.807, 2.05) is 13.8 Å². The molecule has 1 saturated heterocycles. The van der Waals surface area contributed by atoms with Gasteiger partial charge in [0, 0.05) is 19.6 Å². The number of nitrogens with one attached hydrogen (secondary N) is 1. The Morgan fingerprint density at radius 1 is 1.65 bits per heavy atom. The van der Waals surface area contributed by atoms with Crippen LogP contribution < -0.4 is 5.32 Å². The molecule has 2 rings (SSSR count). The minimum absolute atomic E-state index is 0.0684. The molecule has 1 aliphatic rings. The van der Waals surface area contributed by atoms with Gasteiger partial charge in [-0.3, -0.25) is 4.79 Å². The number of carbonyl (C=O) groups is 1. The van der Waals surface area contributed by atoms with Crippen LogP contribution in [0.25, 0.3) is 0 Å². The van der Waals surface area contributed by atoms with Gasteiger partial charge < -0.3 is 10.2 Å². The normalized spacial score (nSPS) is 20.1. The second kappa shape index (κ2) is 4.82. The lowest BCUT2D eigenvalue weighted by Gasteiger charge is -2.31. The van der Waals surface area contributed by atoms with E-state index in [0.717, 1.165) is 17.2 Å². The number of piperazine rings is 1. The Labute approximate surface area is 104 Å². The summed E-state index contributed by atoms with van der Waals surface area (Å²) in [5.41, 5.74) is 0.757. The largest absolute Gasteiger partial charge is 0.319 e. The maximum absolute atomic E-state index is 12.3. The Kier molecular flexibility index (Phi) is 3.41. The lowest BCUT2D eigenvalue weighted by molar-refractivity contribution is 0.0691. The van der Waals surface area contributed by atoms with Crippen molar-refractivity contribution >= 4 is 17.2 Å². The summed E-state index contributed by atoms with van der Waals surface area (Å²) in [4.78, 5) is 18.9. The monoisotopic (exact) mass is 250 g/mol. The first-order valence-electron chi connectivity index (χ1n) is 5.49. The predicted octanol–water partition coefficient (Wildman–Crippen LogP) is 0.698. The molecule has 0 saturated carbocycles. The van der Waals surface area contributed by atoms with Crippen molar-refractivity contribution in [2.45, 2.75) is 19.9 Å². The summed E-state index contributed by atoms with van der Waals surface area (Å²) >= 11 is 1.40. The molecule has 1 N–H and O–H groups in total. The molecule has 6 heteroatoms. The van der Waals surface area contributed by atoms with Crippen molar-refractivity contribution in [1.82, 2.24) is 15.2 Å². The first-order chi connectivity index (χ1) is 8.13. The third kappa shape index (κ3) is 2.30. The molecule has 1 aromatic heterocycles. The Balaban J connectivity index is 2.24. The van der Waals surface area contributed by atoms with Gasteiger partial charge in [-0.15, -0.1) is 11.3 Å². The Morgan fingerprint density at radius 3 is 3.00 bits per heavy atom. The van der Waals surface area contributed by atoms with Gasteiger partial charge in [0.25, 0.3) is 5.91 Å². The van der Waals surface area contributed by atoms with Gasteiger partial charge in [0.05, 0.1) is 16.8 Å². The van der Waals surface area contributed by atoms with Crippen LogP contribution in [-0.4, -0.2) is 41.5 Å². The van der Waals surface area contributed by atoms with Crippen molar-refractivity contribution < 1.29 is 4.79 Å². The standard InChI is InChI=1S/C11H14N4OS/c1-7-10(17-8(2)14-7)11(16)15-4-3-13-6-9(15)5-12/h9,13H,3-4,6H2,1-2H3. The molecule has 2 heterocycles. The second-order valence-electron chi connectivity index (χ2n) is 3.99. The zero-order valence-corrected chi connectivity index (χ0v) is 10.7. The fraction of sp³-hybridized carbons (Fsp3) is 0.545. The molecule has 17 heavy (non-hydrogen) atoms. The SMILES string of the molecule is Cc1nc(C)c(C(=O)N2CCNCC2C#N)s1. The van der Waals surface area contributed by atoms with Gasteiger partial charge in [0.2, 0.25) is 0 Å². The number of carbonyl (C=O) groups excluding carboxylic acids is 1. The summed E-state index contributed by atoms with van der Waals surface area (Å²) in [6, 6.07) is 1.78. The first-order valence-corrected chi connectivity index (χ1v) is 6.30. The molecule has 0 radical (unpaired) electrons. The van der Waals surface area contributed by atoms with E-state index in [1.165, 1.54) is 11.3 Å². The summed E-state index contributed by atoms with van der Waals surface area (Å²) in [5, 5.41) is 13.0. The molecule has 1 fully saturated rings. The van der Waals surface area contributed by atoms with Crippen molar-refractivity contribution in [3.63, 3.8) is 0 Å². The van der Waals surface area contributed by atoms with E-state index < -0.39 is 0 Å². The summed E-state index contributed by atoms with van der Waals surface area (Å²) in [6.07, 6.45) is 0. The number of thiazole rings is 1. The quantitative estimate of drug-likeness (QED) is 0.796. The molecule has 5 nitrogen and oxygen atoms in total. The van der Waals surface area contributed by atoms with E-state index in [9.17, 15) is 4.79 Å². The Hall–Kier alpha value is -1.45. The maximum Gasteiger partial charge on any atom is 0.267 e. The zero-order chi connectivity index (χ0) is 12.4. The molecule has 0 bridgehead atoms. The molecule has 90 valence electrons. The van der Waals surface area contributed by atoms with E-state index in [1.54, 1.807) is 4.90 Å². The molecule has 0 aromatic carbocycles. The van der Waals surface area contributed by atoms with Crippen LogP contribution in [-0.2, 0) is 0 Å². The predicted molar refractivity (Wildman–Crippen MR) is 64.9 cm³/mol. The number of amides is 1. The zero-order valence-electron chi connectivity index (χ0n) is 9.86. The molecule has 0 spiro atoms. The number of aromatic nitrogens is 1. The molecule has 0 aliphatic carbocycles. The van der Waals surface area contributed by atoms with E-state index in [2.05, 4.69) is 16.4 Å². The number of hydrogen-bond donors (Lipinski definition) is 1. The third-order valence-electron chi connectivity index (χ3n) is 2.75. The molecule has 1 aromatic rings. The van der Waals surface area contributed by atoms with Crippen LogP contribution in [0.1, 0.15) is 20.4 Å². The number of nitrogens with zero attached hydrogens (tertiary/aromatic N) is 3. The number of rotatable bonds is 1. The van der Waals surface area contributed by atoms with Crippen LogP contribution in [0, 0.1) is 25.2 Å². The van der Waals surface area contributed by atoms with Gasteiger partial charge in [-0.25, -0.2) is 4.98 Å². The lowest BCUT2D eigenvalue weighted by Crippen LogP contribution is -2.52. The topological polar surface area (TPSA) is 69.0 Å². The molecule has 1 amide bonds. The van der Waals surface area contributed by atoms with E-state index in [4.69, 9.17) is 5.26 Å². The van der Waals surface area contributed by atoms with Gasteiger partial charge in [0.15, 0.2) is 0 Å². The molecular weight excluding hydrogens is 236 g/mol. The summed E-state index contributed by atoms with van der Waals surface area (Å²) in [5.74, 6) is -0.0684. The average Bonchev–Trinajstić information content (AvgIpc) is 2.67. The Bertz CT molecular complexity index is 476. The molecule has 1 unspecified atom stereocenters. The van der Waals surface area contributed by atoms with E-state index in [0.29, 0.717) is 18.0 Å². The van der Waals surface area contributed by atoms with Gasteiger partial charge >= 0.3 is 0 Å². The number of hydrogen-bond acceptors (Lipinski definition) is 5. The highest BCUT2D eigenvalue weighted by Gasteiger charge is 2.29. The van der Waals surface area contributed by atoms with Crippen LogP contribution in [0.5, 0.6) is 0 Å². The minimum atomic E-state index is -0.377. The first kappa shape index (κ1) is 12.0. The van der Waals surface area contributed by atoms with E-state index >= 15 is 0 Å². The highest BCUT2D eigenvalue weighted by molar-refractivity contribution is 7.13. The van der Waals surface area contributed by atoms with Crippen LogP contribution in [0.4, 0.5) is 0 Å². The van der Waals surface area contributed by atoms with Gasteiger partial charge in [-0.1, -0.05) is 0 Å². The smallest absolute Gasteiger partial charge is 0.267 e. The van der Waals surface area contributed by atoms with E-state index in [-0.39, 0.29) is 11.9 Å². The van der Waals surface area contributed by atoms with Crippen molar-refractivity contribution in [2.24, 2.45) is 0 Å². The minimum Gasteiger partial charge on any atom is -0.319 e. The average molecular weight is 250 g/mol. The summed E-state index contributed by atoms with van der Waals surface area (Å²) in [6.45, 7) is 5.57. The van der Waals surface area contributed by atoms with Crippen molar-refractivity contribution in [2.75, 3.05) is 19.6 Å². The highest BCUT2D eigenvalue weighted by Crippen LogP contribution is 2.20. The fourth-order valence-corrected chi connectivity index (χ4v) is 2.80. The van der Waals surface area contributed by atoms with Crippen molar-refractivity contribution in [1.29, 1.82) is 5.26 Å². The molecular formula is C11H14N4OS. The highest BCUT2D eigenvalue weighted by atomic mass is 32.1. The third-order valence-corrected chi connectivity index (χ3v) is 3.81. The van der Waals surface area contributed by atoms with Gasteiger partial charge in [-0.05, 0) is 13.8 Å². The van der Waals surface area contributed by atoms with Crippen LogP contribution in [0.2, 0.25) is 0 Å². The summed E-state index contributed by atoms with van der Waals surface area (Å²) in [7, 11) is 0. The van der Waals surface area contributed by atoms with Crippen LogP contribution >= 0.6 is 11.3 Å². The van der Waals surface area contributed by atoms with Gasteiger partial charge in [0.1, 0.15) is 10.9 Å². The Morgan fingerprint density at radius 2 is 2.41 bits per heavy atom. The maximum atomic E-state index is 12.3. The number of aryl methyl sites for hydroxylation is 2. The van der Waals surface area contributed by atoms with Crippen molar-refractivity contribution in [3.05, 3.63) is 15.6 Å². The van der Waals surface area contributed by atoms with Gasteiger partial charge in [-0.2, -0.15) is 5.26 Å². The van der Waals surface area contributed by atoms with Crippen LogP contribution in [0.15, 0.2) is 0 Å². The number of nitriles is 1. The second-order valence-corrected chi connectivity index (χ2v) is 5.20. The lowest BCUT2D eigenvalue weighted by atomic mass is 10.2.